The third-order valence-corrected chi connectivity index (χ3v) is 6.59. The van der Waals surface area contributed by atoms with E-state index in [0.29, 0.717) is 4.57 Å². The number of aromatic nitrogens is 2. The molecule has 14 heteroatoms. The van der Waals surface area contributed by atoms with Crippen LogP contribution in [0.2, 0.25) is 0 Å². The van der Waals surface area contributed by atoms with Gasteiger partial charge in [-0.25, -0.2) is 27.6 Å². The minimum absolute atomic E-state index is 0.000927. The number of H-pyrrole nitrogens is 1. The van der Waals surface area contributed by atoms with Gasteiger partial charge in [-0.05, 0) is 12.1 Å². The number of nitrogens with zero attached hydrogens (tertiary/aromatic N) is 2. The van der Waals surface area contributed by atoms with Crippen LogP contribution in [-0.2, 0) is 11.4 Å². The number of hydroxylamine groups is 2. The van der Waals surface area contributed by atoms with Gasteiger partial charge in [0.15, 0.2) is 29.0 Å². The van der Waals surface area contributed by atoms with E-state index in [1.165, 1.54) is 39.8 Å². The van der Waals surface area contributed by atoms with Gasteiger partial charge in [0.05, 0.1) is 43.5 Å². The molecule has 0 aliphatic carbocycles. The number of rotatable bonds is 8. The molecule has 2 heterocycles. The maximum atomic E-state index is 15.2. The lowest BCUT2D eigenvalue weighted by molar-refractivity contribution is -0.0752. The Morgan fingerprint density at radius 1 is 1.03 bits per heavy atom. The summed E-state index contributed by atoms with van der Waals surface area (Å²) in [6.45, 7) is -0.564. The molecule has 2 aromatic carbocycles. The molecule has 0 fully saturated rings. The number of carbonyl (C=O) groups is 1. The van der Waals surface area contributed by atoms with Crippen LogP contribution in [0.15, 0.2) is 39.2 Å². The van der Waals surface area contributed by atoms with Crippen LogP contribution in [0.1, 0.15) is 15.2 Å². The van der Waals surface area contributed by atoms with E-state index in [1.807, 2.05) is 0 Å². The van der Waals surface area contributed by atoms with Crippen LogP contribution in [0.25, 0.3) is 16.6 Å². The van der Waals surface area contributed by atoms with Gasteiger partial charge in [-0.2, -0.15) is 0 Å². The number of fused-ring (bicyclic) bond motifs is 1. The third kappa shape index (κ3) is 4.59. The topological polar surface area (TPSA) is 112 Å². The molecule has 10 nitrogen and oxygen atoms in total. The molecule has 0 saturated heterocycles. The lowest BCUT2D eigenvalue weighted by Crippen LogP contribution is -2.35. The molecule has 0 saturated carbocycles. The van der Waals surface area contributed by atoms with Gasteiger partial charge in [0, 0.05) is 24.6 Å². The van der Waals surface area contributed by atoms with Crippen LogP contribution in [0, 0.1) is 17.5 Å². The quantitative estimate of drug-likeness (QED) is 0.334. The highest BCUT2D eigenvalue weighted by molar-refractivity contribution is 7.13. The Kier molecular flexibility index (Phi) is 7.46. The number of aromatic amines is 1. The van der Waals surface area contributed by atoms with Crippen molar-refractivity contribution in [3.8, 4) is 22.9 Å². The third-order valence-electron chi connectivity index (χ3n) is 5.63. The van der Waals surface area contributed by atoms with Crippen LogP contribution in [-0.4, -0.2) is 48.9 Å². The van der Waals surface area contributed by atoms with Crippen molar-refractivity contribution in [2.45, 2.75) is 6.61 Å². The highest BCUT2D eigenvalue weighted by Crippen LogP contribution is 2.34. The van der Waals surface area contributed by atoms with Gasteiger partial charge >= 0.3 is 5.69 Å². The fourth-order valence-corrected chi connectivity index (χ4v) is 4.62. The Labute approximate surface area is 216 Å². The zero-order valence-electron chi connectivity index (χ0n) is 20.4. The lowest BCUT2D eigenvalue weighted by Gasteiger charge is -2.16. The van der Waals surface area contributed by atoms with E-state index in [1.54, 1.807) is 0 Å². The van der Waals surface area contributed by atoms with E-state index in [4.69, 9.17) is 19.0 Å². The van der Waals surface area contributed by atoms with Crippen LogP contribution in [0.3, 0.4) is 0 Å². The number of ether oxygens (including phenoxy) is 3. The molecule has 38 heavy (non-hydrogen) atoms. The second kappa shape index (κ2) is 10.6. The van der Waals surface area contributed by atoms with Gasteiger partial charge in [0.25, 0.3) is 11.5 Å². The van der Waals surface area contributed by atoms with Crippen LogP contribution in [0.4, 0.5) is 13.2 Å². The summed E-state index contributed by atoms with van der Waals surface area (Å²) in [6.07, 6.45) is 0. The van der Waals surface area contributed by atoms with Crippen molar-refractivity contribution in [1.82, 2.24) is 14.6 Å². The Bertz CT molecular complexity index is 1660. The summed E-state index contributed by atoms with van der Waals surface area (Å²) in [7, 11) is 5.06. The van der Waals surface area contributed by atoms with Crippen molar-refractivity contribution in [3.63, 3.8) is 0 Å². The molecule has 0 unspecified atom stereocenters. The van der Waals surface area contributed by atoms with Crippen molar-refractivity contribution in [2.75, 3.05) is 28.4 Å². The summed E-state index contributed by atoms with van der Waals surface area (Å²) in [6, 6.07) is 3.95. The predicted molar refractivity (Wildman–Crippen MR) is 131 cm³/mol. The maximum absolute atomic E-state index is 15.2. The van der Waals surface area contributed by atoms with E-state index < -0.39 is 46.9 Å². The average Bonchev–Trinajstić information content (AvgIpc) is 3.33. The zero-order valence-corrected chi connectivity index (χ0v) is 21.2. The number of hydrogen-bond donors (Lipinski definition) is 1. The zero-order chi connectivity index (χ0) is 27.7. The predicted octanol–water partition coefficient (Wildman–Crippen LogP) is 3.39. The summed E-state index contributed by atoms with van der Waals surface area (Å²) < 4.78 is 59.6. The Morgan fingerprint density at radius 2 is 1.74 bits per heavy atom. The first-order chi connectivity index (χ1) is 18.1. The fourth-order valence-electron chi connectivity index (χ4n) is 3.66. The Morgan fingerprint density at radius 3 is 2.39 bits per heavy atom. The van der Waals surface area contributed by atoms with Crippen molar-refractivity contribution < 1.29 is 37.0 Å². The first kappa shape index (κ1) is 26.8. The maximum Gasteiger partial charge on any atom is 0.333 e. The van der Waals surface area contributed by atoms with Gasteiger partial charge in [0.2, 0.25) is 0 Å². The molecule has 0 spiro atoms. The smallest absolute Gasteiger partial charge is 0.333 e. The molecule has 1 amide bonds. The van der Waals surface area contributed by atoms with E-state index in [9.17, 15) is 23.2 Å². The summed E-state index contributed by atoms with van der Waals surface area (Å²) >= 11 is 0.895. The van der Waals surface area contributed by atoms with Gasteiger partial charge in [-0.3, -0.25) is 14.4 Å². The standard InChI is InChI=1S/C24H20F3N3O7S/c1-29(36-4)23(32)21-19-14(10-38-21)28-24(33)30(22(19)31)15-8-18(17(35-3)7-13(15)26)37-9-11-16(34-2)6-5-12(25)20(11)27/h5-8,10H,9H2,1-4H3,(H,28,33). The molecule has 2 aromatic heterocycles. The number of hydrogen-bond acceptors (Lipinski definition) is 8. The number of benzene rings is 2. The van der Waals surface area contributed by atoms with Crippen LogP contribution < -0.4 is 25.5 Å². The molecule has 1 N–H and O–H groups in total. The van der Waals surface area contributed by atoms with Crippen molar-refractivity contribution >= 4 is 28.1 Å². The number of carbonyl (C=O) groups excluding carboxylic acids is 1. The van der Waals surface area contributed by atoms with E-state index in [2.05, 4.69) is 4.98 Å². The largest absolute Gasteiger partial charge is 0.496 e. The number of amides is 1. The van der Waals surface area contributed by atoms with E-state index in [-0.39, 0.29) is 38.6 Å². The van der Waals surface area contributed by atoms with Crippen molar-refractivity contribution in [2.24, 2.45) is 0 Å². The minimum Gasteiger partial charge on any atom is -0.496 e. The first-order valence-corrected chi connectivity index (χ1v) is 11.6. The lowest BCUT2D eigenvalue weighted by atomic mass is 10.2. The second-order valence-corrected chi connectivity index (χ2v) is 8.57. The summed E-state index contributed by atoms with van der Waals surface area (Å²) in [5.74, 6) is -4.38. The number of methoxy groups -OCH3 is 2. The number of nitrogens with one attached hydrogen (secondary N) is 1. The first-order valence-electron chi connectivity index (χ1n) is 10.7. The monoisotopic (exact) mass is 551 g/mol. The Balaban J connectivity index is 1.85. The molecule has 0 aliphatic heterocycles. The normalized spacial score (nSPS) is 11.0. The summed E-state index contributed by atoms with van der Waals surface area (Å²) in [5, 5.41) is 2.13. The van der Waals surface area contributed by atoms with Crippen molar-refractivity contribution in [3.05, 3.63) is 78.4 Å². The molecular weight excluding hydrogens is 531 g/mol. The SMILES string of the molecule is COc1cc(F)c(-n2c(=O)[nH]c3csc(C(=O)N(C)OC)c3c2=O)cc1OCc1c(OC)ccc(F)c1F. The molecule has 0 aliphatic rings. The highest BCUT2D eigenvalue weighted by Gasteiger charge is 2.24. The highest BCUT2D eigenvalue weighted by atomic mass is 32.1. The molecule has 0 bridgehead atoms. The Hall–Kier alpha value is -4.30. The molecule has 200 valence electrons. The molecular formula is C24H20F3N3O7S. The van der Waals surface area contributed by atoms with Gasteiger partial charge in [0.1, 0.15) is 17.2 Å². The fraction of sp³-hybridized carbons (Fsp3) is 0.208. The van der Waals surface area contributed by atoms with Gasteiger partial charge < -0.3 is 19.2 Å². The second-order valence-electron chi connectivity index (χ2n) is 7.69. The van der Waals surface area contributed by atoms with Gasteiger partial charge in [-0.1, -0.05) is 0 Å². The van der Waals surface area contributed by atoms with Crippen LogP contribution in [0.5, 0.6) is 17.2 Å². The molecule has 4 aromatic rings. The average molecular weight is 551 g/mol. The number of thiophene rings is 1. The van der Waals surface area contributed by atoms with Crippen LogP contribution >= 0.6 is 11.3 Å². The van der Waals surface area contributed by atoms with E-state index in [0.717, 1.165) is 34.6 Å². The minimum atomic E-state index is -1.21. The van der Waals surface area contributed by atoms with Gasteiger partial charge in [-0.15, -0.1) is 11.3 Å². The molecule has 0 atom stereocenters. The molecule has 4 rings (SSSR count). The number of halogens is 3. The summed E-state index contributed by atoms with van der Waals surface area (Å²) in [5.41, 5.74) is -2.70. The summed E-state index contributed by atoms with van der Waals surface area (Å²) in [4.78, 5) is 46.2. The van der Waals surface area contributed by atoms with Crippen molar-refractivity contribution in [1.29, 1.82) is 0 Å². The van der Waals surface area contributed by atoms with E-state index >= 15 is 4.39 Å². The molecule has 0 radical (unpaired) electrons.